The lowest BCUT2D eigenvalue weighted by Gasteiger charge is -2.38. The number of hydroxylamine groups is 3. The van der Waals surface area contributed by atoms with Crippen LogP contribution in [0.25, 0.3) is 11.0 Å². The van der Waals surface area contributed by atoms with Crippen LogP contribution in [-0.4, -0.2) is 22.8 Å². The summed E-state index contributed by atoms with van der Waals surface area (Å²) in [5, 5.41) is 24.1. The highest BCUT2D eigenvalue weighted by Gasteiger charge is 2.27. The van der Waals surface area contributed by atoms with Crippen LogP contribution in [0.1, 0.15) is 36.5 Å². The minimum Gasteiger partial charge on any atom is -0.633 e. The lowest BCUT2D eigenvalue weighted by Crippen LogP contribution is -2.37. The van der Waals surface area contributed by atoms with E-state index in [-0.39, 0.29) is 16.9 Å². The number of hydrogen-bond donors (Lipinski definition) is 1. The Labute approximate surface area is 129 Å². The van der Waals surface area contributed by atoms with Crippen LogP contribution in [0.5, 0.6) is 5.75 Å². The number of hydrogen-bond acceptors (Lipinski definition) is 4. The van der Waals surface area contributed by atoms with Crippen molar-refractivity contribution in [3.05, 3.63) is 44.5 Å². The predicted octanol–water partition coefficient (Wildman–Crippen LogP) is 2.98. The second kappa shape index (κ2) is 5.41. The third-order valence-electron chi connectivity index (χ3n) is 4.60. The molecule has 1 aromatic heterocycles. The molecule has 22 heavy (non-hydrogen) atoms. The molecule has 0 saturated carbocycles. The smallest absolute Gasteiger partial charge is 0.336 e. The van der Waals surface area contributed by atoms with E-state index in [1.165, 1.54) is 6.07 Å². The summed E-state index contributed by atoms with van der Waals surface area (Å²) in [4.78, 5) is 11.7. The highest BCUT2D eigenvalue weighted by molar-refractivity contribution is 5.86. The van der Waals surface area contributed by atoms with Gasteiger partial charge >= 0.3 is 5.63 Å². The normalized spacial score (nSPS) is 17.2. The van der Waals surface area contributed by atoms with Gasteiger partial charge in [-0.1, -0.05) is 6.92 Å². The Morgan fingerprint density at radius 3 is 2.64 bits per heavy atom. The first-order valence-electron chi connectivity index (χ1n) is 7.79. The molecule has 118 valence electrons. The van der Waals surface area contributed by atoms with Crippen molar-refractivity contribution >= 4 is 11.0 Å². The standard InChI is InChI=1S/C17H21NO4/c1-3-12-9-13-11(2)8-15(19)22-17(13)14(16(12)20)10-18(21)6-4-5-7-18/h8-9,20H,3-7,10H2,1-2H3. The van der Waals surface area contributed by atoms with Gasteiger partial charge in [-0.05, 0) is 30.5 Å². The molecule has 0 bridgehead atoms. The maximum absolute atomic E-state index is 12.7. The summed E-state index contributed by atoms with van der Waals surface area (Å²) in [6.45, 7) is 5.05. The van der Waals surface area contributed by atoms with E-state index in [1.54, 1.807) is 0 Å². The number of benzene rings is 1. The molecule has 5 heteroatoms. The van der Waals surface area contributed by atoms with Gasteiger partial charge in [-0.25, -0.2) is 4.79 Å². The molecule has 0 unspecified atom stereocenters. The van der Waals surface area contributed by atoms with Crippen LogP contribution in [0.3, 0.4) is 0 Å². The number of phenolic OH excluding ortho intramolecular Hbond substituents is 1. The highest BCUT2D eigenvalue weighted by Crippen LogP contribution is 2.35. The summed E-state index contributed by atoms with van der Waals surface area (Å²) in [6.07, 6.45) is 2.46. The monoisotopic (exact) mass is 303 g/mol. The molecule has 1 aliphatic heterocycles. The molecule has 1 saturated heterocycles. The van der Waals surface area contributed by atoms with Crippen molar-refractivity contribution in [1.29, 1.82) is 0 Å². The van der Waals surface area contributed by atoms with Crippen LogP contribution < -0.4 is 5.63 Å². The highest BCUT2D eigenvalue weighted by atomic mass is 16.5. The Hall–Kier alpha value is -1.85. The first kappa shape index (κ1) is 15.1. The number of fused-ring (bicyclic) bond motifs is 1. The zero-order valence-corrected chi connectivity index (χ0v) is 13.0. The Kier molecular flexibility index (Phi) is 3.70. The van der Waals surface area contributed by atoms with Crippen molar-refractivity contribution in [2.24, 2.45) is 0 Å². The van der Waals surface area contributed by atoms with Gasteiger partial charge < -0.3 is 19.4 Å². The van der Waals surface area contributed by atoms with E-state index in [2.05, 4.69) is 0 Å². The molecule has 2 heterocycles. The maximum Gasteiger partial charge on any atom is 0.336 e. The van der Waals surface area contributed by atoms with Crippen LogP contribution in [0.4, 0.5) is 0 Å². The molecule has 2 aromatic rings. The van der Waals surface area contributed by atoms with Crippen LogP contribution in [0.2, 0.25) is 0 Å². The predicted molar refractivity (Wildman–Crippen MR) is 84.6 cm³/mol. The van der Waals surface area contributed by atoms with Gasteiger partial charge in [-0.2, -0.15) is 0 Å². The van der Waals surface area contributed by atoms with E-state index in [1.807, 2.05) is 19.9 Å². The third-order valence-corrected chi connectivity index (χ3v) is 4.60. The summed E-state index contributed by atoms with van der Waals surface area (Å²) in [6, 6.07) is 3.30. The van der Waals surface area contributed by atoms with Crippen molar-refractivity contribution in [3.63, 3.8) is 0 Å². The largest absolute Gasteiger partial charge is 0.633 e. The van der Waals surface area contributed by atoms with E-state index < -0.39 is 5.63 Å². The molecule has 0 atom stereocenters. The number of nitrogens with zero attached hydrogens (tertiary/aromatic N) is 1. The Bertz CT molecular complexity index is 772. The number of aromatic hydroxyl groups is 1. The number of aryl methyl sites for hydroxylation is 2. The average Bonchev–Trinajstić information content (AvgIpc) is 2.89. The molecule has 1 aliphatic rings. The van der Waals surface area contributed by atoms with Crippen molar-refractivity contribution in [1.82, 2.24) is 0 Å². The average molecular weight is 303 g/mol. The van der Waals surface area contributed by atoms with Crippen LogP contribution in [0.15, 0.2) is 21.3 Å². The summed E-state index contributed by atoms with van der Waals surface area (Å²) in [5.41, 5.74) is 1.98. The van der Waals surface area contributed by atoms with Gasteiger partial charge in [0, 0.05) is 24.3 Å². The fraction of sp³-hybridized carbons (Fsp3) is 0.471. The molecule has 0 amide bonds. The van der Waals surface area contributed by atoms with Gasteiger partial charge in [-0.3, -0.25) is 0 Å². The lowest BCUT2D eigenvalue weighted by atomic mass is 9.99. The number of likely N-dealkylation sites (tertiary alicyclic amines) is 1. The van der Waals surface area contributed by atoms with Crippen LogP contribution in [0, 0.1) is 12.1 Å². The second-order valence-corrected chi connectivity index (χ2v) is 6.21. The number of rotatable bonds is 3. The fourth-order valence-electron chi connectivity index (χ4n) is 3.34. The molecule has 0 spiro atoms. The third kappa shape index (κ3) is 2.51. The molecule has 0 aliphatic carbocycles. The van der Waals surface area contributed by atoms with Crippen molar-refractivity contribution in [2.45, 2.75) is 39.7 Å². The topological polar surface area (TPSA) is 73.5 Å². The van der Waals surface area contributed by atoms with E-state index in [9.17, 15) is 15.1 Å². The molecule has 3 rings (SSSR count). The quantitative estimate of drug-likeness (QED) is 0.537. The van der Waals surface area contributed by atoms with E-state index >= 15 is 0 Å². The Balaban J connectivity index is 2.25. The van der Waals surface area contributed by atoms with Gasteiger partial charge in [0.15, 0.2) is 5.58 Å². The SMILES string of the molecule is CCc1cc2c(C)cc(=O)oc2c(C[N+]2([O-])CCCC2)c1O. The van der Waals surface area contributed by atoms with Crippen LogP contribution >= 0.6 is 0 Å². The Morgan fingerprint density at radius 2 is 2.00 bits per heavy atom. The zero-order chi connectivity index (χ0) is 15.9. The Morgan fingerprint density at radius 1 is 1.32 bits per heavy atom. The minimum absolute atomic E-state index is 0.101. The van der Waals surface area contributed by atoms with Crippen LogP contribution in [-0.2, 0) is 13.0 Å². The van der Waals surface area contributed by atoms with Crippen molar-refractivity contribution in [2.75, 3.05) is 13.1 Å². The zero-order valence-electron chi connectivity index (χ0n) is 13.0. The van der Waals surface area contributed by atoms with Gasteiger partial charge in [-0.15, -0.1) is 0 Å². The summed E-state index contributed by atoms with van der Waals surface area (Å²) >= 11 is 0. The molecular formula is C17H21NO4. The van der Waals surface area contributed by atoms with Gasteiger partial charge in [0.05, 0.1) is 18.7 Å². The molecule has 0 radical (unpaired) electrons. The molecule has 1 aromatic carbocycles. The minimum atomic E-state index is -0.450. The maximum atomic E-state index is 12.7. The van der Waals surface area contributed by atoms with E-state index in [0.717, 1.165) is 29.4 Å². The molecular weight excluding hydrogens is 282 g/mol. The molecule has 1 N–H and O–H groups in total. The number of quaternary nitrogens is 1. The van der Waals surface area contributed by atoms with Crippen molar-refractivity contribution < 1.29 is 14.2 Å². The van der Waals surface area contributed by atoms with Gasteiger partial charge in [0.25, 0.3) is 0 Å². The summed E-state index contributed by atoms with van der Waals surface area (Å²) < 4.78 is 4.99. The first-order chi connectivity index (χ1) is 10.4. The first-order valence-corrected chi connectivity index (χ1v) is 7.79. The van der Waals surface area contributed by atoms with E-state index in [0.29, 0.717) is 30.7 Å². The fourth-order valence-corrected chi connectivity index (χ4v) is 3.34. The summed E-state index contributed by atoms with van der Waals surface area (Å²) in [7, 11) is 0. The number of phenols is 1. The van der Waals surface area contributed by atoms with Crippen molar-refractivity contribution in [3.8, 4) is 5.75 Å². The van der Waals surface area contributed by atoms with Gasteiger partial charge in [0.2, 0.25) is 0 Å². The van der Waals surface area contributed by atoms with Gasteiger partial charge in [0.1, 0.15) is 12.3 Å². The summed E-state index contributed by atoms with van der Waals surface area (Å²) in [5.74, 6) is 0.101. The molecule has 1 fully saturated rings. The molecule has 5 nitrogen and oxygen atoms in total. The lowest BCUT2D eigenvalue weighted by molar-refractivity contribution is -0.881. The van der Waals surface area contributed by atoms with E-state index in [4.69, 9.17) is 4.42 Å². The second-order valence-electron chi connectivity index (χ2n) is 6.21.